The van der Waals surface area contributed by atoms with Crippen molar-refractivity contribution < 1.29 is 17.9 Å². The average molecular weight is 535 g/mol. The molecule has 0 aliphatic rings. The minimum Gasteiger partial charge on any atom is -0.496 e. The molecule has 0 aliphatic heterocycles. The molecule has 0 fully saturated rings. The summed E-state index contributed by atoms with van der Waals surface area (Å²) in [4.78, 5) is 13.2. The van der Waals surface area contributed by atoms with Crippen molar-refractivity contribution in [2.45, 2.75) is 38.1 Å². The zero-order valence-electron chi connectivity index (χ0n) is 20.0. The van der Waals surface area contributed by atoms with Gasteiger partial charge in [-0.25, -0.2) is 8.42 Å². The quantitative estimate of drug-likeness (QED) is 0.360. The molecule has 0 saturated carbocycles. The molecule has 3 rings (SSSR count). The number of ether oxygens (including phenoxy) is 1. The van der Waals surface area contributed by atoms with E-state index in [0.29, 0.717) is 6.42 Å². The maximum Gasteiger partial charge on any atom is 0.264 e. The number of carbonyl (C=O) groups is 1. The monoisotopic (exact) mass is 534 g/mol. The first-order chi connectivity index (χ1) is 16.6. The molecule has 0 aromatic heterocycles. The van der Waals surface area contributed by atoms with E-state index in [9.17, 15) is 13.2 Å². The second-order valence-corrected chi connectivity index (χ2v) is 10.8. The Morgan fingerprint density at radius 1 is 1.06 bits per heavy atom. The number of nitrogens with one attached hydrogen (secondary N) is 1. The van der Waals surface area contributed by atoms with Crippen LogP contribution < -0.4 is 14.4 Å². The number of hydrogen-bond donors (Lipinski definition) is 1. The lowest BCUT2D eigenvalue weighted by Crippen LogP contribution is -2.42. The summed E-state index contributed by atoms with van der Waals surface area (Å²) in [6.45, 7) is 5.26. The second kappa shape index (κ2) is 11.3. The van der Waals surface area contributed by atoms with Crippen LogP contribution in [0.5, 0.6) is 5.75 Å². The first kappa shape index (κ1) is 26.9. The van der Waals surface area contributed by atoms with E-state index in [1.807, 2.05) is 39.0 Å². The van der Waals surface area contributed by atoms with Crippen LogP contribution in [0.25, 0.3) is 0 Å². The van der Waals surface area contributed by atoms with E-state index in [0.717, 1.165) is 26.7 Å². The highest BCUT2D eigenvalue weighted by Crippen LogP contribution is 2.35. The molecule has 6 nitrogen and oxygen atoms in total. The lowest BCUT2D eigenvalue weighted by atomic mass is 10.0. The predicted octanol–water partition coefficient (Wildman–Crippen LogP) is 6.08. The Labute approximate surface area is 216 Å². The van der Waals surface area contributed by atoms with Gasteiger partial charge in [0.2, 0.25) is 5.91 Å². The Morgan fingerprint density at radius 2 is 1.74 bits per heavy atom. The zero-order valence-corrected chi connectivity index (χ0v) is 22.3. The summed E-state index contributed by atoms with van der Waals surface area (Å²) in [5.41, 5.74) is 2.87. The summed E-state index contributed by atoms with van der Waals surface area (Å²) >= 11 is 12.6. The number of aryl methyl sites for hydroxylation is 2. The summed E-state index contributed by atoms with van der Waals surface area (Å²) in [5, 5.41) is 3.19. The lowest BCUT2D eigenvalue weighted by Gasteiger charge is -2.27. The maximum absolute atomic E-state index is 13.6. The summed E-state index contributed by atoms with van der Waals surface area (Å²) in [6, 6.07) is 16.4. The highest BCUT2D eigenvalue weighted by molar-refractivity contribution is 7.92. The van der Waals surface area contributed by atoms with Crippen LogP contribution in [0.1, 0.15) is 36.1 Å². The fourth-order valence-corrected chi connectivity index (χ4v) is 5.61. The van der Waals surface area contributed by atoms with Crippen LogP contribution in [0.3, 0.4) is 0 Å². The molecule has 0 unspecified atom stereocenters. The van der Waals surface area contributed by atoms with Gasteiger partial charge < -0.3 is 10.1 Å². The van der Waals surface area contributed by atoms with Crippen molar-refractivity contribution in [1.82, 2.24) is 5.32 Å². The van der Waals surface area contributed by atoms with Crippen LogP contribution in [-0.2, 0) is 14.8 Å². The van der Waals surface area contributed by atoms with E-state index < -0.39 is 22.5 Å². The summed E-state index contributed by atoms with van der Waals surface area (Å²) in [7, 11) is -2.51. The molecule has 1 N–H and O–H groups in total. The molecule has 0 aliphatic carbocycles. The van der Waals surface area contributed by atoms with Gasteiger partial charge in [-0.2, -0.15) is 0 Å². The number of anilines is 1. The Morgan fingerprint density at radius 3 is 2.34 bits per heavy atom. The van der Waals surface area contributed by atoms with Crippen molar-refractivity contribution in [1.29, 1.82) is 0 Å². The van der Waals surface area contributed by atoms with Crippen LogP contribution in [0.2, 0.25) is 10.0 Å². The van der Waals surface area contributed by atoms with Gasteiger partial charge in [0.1, 0.15) is 12.3 Å². The smallest absolute Gasteiger partial charge is 0.264 e. The van der Waals surface area contributed by atoms with E-state index >= 15 is 0 Å². The van der Waals surface area contributed by atoms with Crippen molar-refractivity contribution in [3.05, 3.63) is 87.4 Å². The van der Waals surface area contributed by atoms with Crippen LogP contribution in [0.15, 0.2) is 65.6 Å². The van der Waals surface area contributed by atoms with Gasteiger partial charge in [-0.1, -0.05) is 66.0 Å². The van der Waals surface area contributed by atoms with Crippen LogP contribution >= 0.6 is 23.2 Å². The van der Waals surface area contributed by atoms with Crippen molar-refractivity contribution in [2.24, 2.45) is 0 Å². The average Bonchev–Trinajstić information content (AvgIpc) is 2.83. The minimum atomic E-state index is -4.12. The highest BCUT2D eigenvalue weighted by Gasteiger charge is 2.30. The largest absolute Gasteiger partial charge is 0.496 e. The van der Waals surface area contributed by atoms with E-state index in [1.165, 1.54) is 18.2 Å². The van der Waals surface area contributed by atoms with Crippen LogP contribution in [-0.4, -0.2) is 28.0 Å². The third-order valence-corrected chi connectivity index (χ3v) is 8.24. The number of sulfonamides is 1. The molecule has 1 atom stereocenters. The number of rotatable bonds is 9. The Bertz CT molecular complexity index is 1310. The predicted molar refractivity (Wildman–Crippen MR) is 141 cm³/mol. The minimum absolute atomic E-state index is 0.0461. The number of amides is 1. The molecular formula is C26H28Cl2N2O4S. The zero-order chi connectivity index (χ0) is 25.8. The van der Waals surface area contributed by atoms with Gasteiger partial charge in [0.15, 0.2) is 0 Å². The van der Waals surface area contributed by atoms with Gasteiger partial charge in [-0.05, 0) is 61.7 Å². The molecule has 1 amide bonds. The first-order valence-electron chi connectivity index (χ1n) is 11.1. The van der Waals surface area contributed by atoms with Crippen molar-refractivity contribution in [3.63, 3.8) is 0 Å². The molecule has 0 bridgehead atoms. The highest BCUT2D eigenvalue weighted by atomic mass is 35.5. The van der Waals surface area contributed by atoms with Crippen molar-refractivity contribution >= 4 is 44.8 Å². The molecule has 0 saturated heterocycles. The molecule has 0 heterocycles. The Hall–Kier alpha value is -2.74. The van der Waals surface area contributed by atoms with Crippen molar-refractivity contribution in [2.75, 3.05) is 18.0 Å². The summed E-state index contributed by atoms with van der Waals surface area (Å²) in [6.07, 6.45) is 0.611. The molecule has 0 radical (unpaired) electrons. The number of methoxy groups -OCH3 is 1. The molecular weight excluding hydrogens is 507 g/mol. The summed E-state index contributed by atoms with van der Waals surface area (Å²) in [5.74, 6) is 0.276. The number of benzene rings is 3. The van der Waals surface area contributed by atoms with Gasteiger partial charge in [-0.3, -0.25) is 9.10 Å². The standard InChI is InChI=1S/C26H28Cl2N2O4S/c1-5-22(19-11-14-24(34-4)18(3)15-19)29-25(31)16-30(23-8-6-7-21(27)26(23)28)35(32,33)20-12-9-17(2)10-13-20/h6-15,22H,5,16H2,1-4H3,(H,29,31)/t22-/m0/s1. The third-order valence-electron chi connectivity index (χ3n) is 5.66. The Kier molecular flexibility index (Phi) is 8.70. The van der Waals surface area contributed by atoms with Gasteiger partial charge in [0, 0.05) is 0 Å². The fourth-order valence-electron chi connectivity index (χ4n) is 3.73. The number of carbonyl (C=O) groups excluding carboxylic acids is 1. The van der Waals surface area contributed by atoms with E-state index in [2.05, 4.69) is 5.32 Å². The van der Waals surface area contributed by atoms with Gasteiger partial charge >= 0.3 is 0 Å². The van der Waals surface area contributed by atoms with E-state index in [-0.39, 0.29) is 26.7 Å². The molecule has 3 aromatic carbocycles. The van der Waals surface area contributed by atoms with Crippen molar-refractivity contribution in [3.8, 4) is 5.75 Å². The SMILES string of the molecule is CC[C@H](NC(=O)CN(c1cccc(Cl)c1Cl)S(=O)(=O)c1ccc(C)cc1)c1ccc(OC)c(C)c1. The Balaban J connectivity index is 1.95. The molecule has 3 aromatic rings. The maximum atomic E-state index is 13.6. The number of nitrogens with zero attached hydrogens (tertiary/aromatic N) is 1. The van der Waals surface area contributed by atoms with E-state index in [4.69, 9.17) is 27.9 Å². The molecule has 35 heavy (non-hydrogen) atoms. The topological polar surface area (TPSA) is 75.7 Å². The molecule has 186 valence electrons. The van der Waals surface area contributed by atoms with Gasteiger partial charge in [0.25, 0.3) is 10.0 Å². The molecule has 9 heteroatoms. The van der Waals surface area contributed by atoms with E-state index in [1.54, 1.807) is 31.4 Å². The number of hydrogen-bond acceptors (Lipinski definition) is 4. The normalized spacial score (nSPS) is 12.2. The molecule has 0 spiro atoms. The first-order valence-corrected chi connectivity index (χ1v) is 13.2. The fraction of sp³-hybridized carbons (Fsp3) is 0.269. The third kappa shape index (κ3) is 6.10. The van der Waals surface area contributed by atoms with Crippen LogP contribution in [0.4, 0.5) is 5.69 Å². The van der Waals surface area contributed by atoms with Crippen LogP contribution in [0, 0.1) is 13.8 Å². The van der Waals surface area contributed by atoms with Gasteiger partial charge in [0.05, 0.1) is 33.8 Å². The summed E-state index contributed by atoms with van der Waals surface area (Å²) < 4.78 is 33.5. The second-order valence-electron chi connectivity index (χ2n) is 8.16. The number of halogens is 2. The van der Waals surface area contributed by atoms with Gasteiger partial charge in [-0.15, -0.1) is 0 Å². The lowest BCUT2D eigenvalue weighted by molar-refractivity contribution is -0.120.